The van der Waals surface area contributed by atoms with Crippen LogP contribution in [0.4, 0.5) is 11.6 Å². The molecular formula is C10H18N4O. The molecule has 0 spiro atoms. The SMILES string of the molecule is CCc1c(NC)ncnc1NC(C)CO. The van der Waals surface area contributed by atoms with Crippen molar-refractivity contribution in [2.75, 3.05) is 24.3 Å². The third-order valence-corrected chi connectivity index (χ3v) is 2.19. The maximum Gasteiger partial charge on any atom is 0.134 e. The normalized spacial score (nSPS) is 12.3. The van der Waals surface area contributed by atoms with Crippen LogP contribution in [0.25, 0.3) is 0 Å². The molecule has 1 rings (SSSR count). The number of nitrogens with zero attached hydrogens (tertiary/aromatic N) is 2. The first kappa shape index (κ1) is 11.7. The Morgan fingerprint density at radius 1 is 1.40 bits per heavy atom. The van der Waals surface area contributed by atoms with E-state index in [0.29, 0.717) is 0 Å². The zero-order chi connectivity index (χ0) is 11.3. The van der Waals surface area contributed by atoms with E-state index in [9.17, 15) is 0 Å². The number of rotatable bonds is 5. The van der Waals surface area contributed by atoms with Gasteiger partial charge in [-0.15, -0.1) is 0 Å². The number of aliphatic hydroxyl groups is 1. The van der Waals surface area contributed by atoms with Crippen molar-refractivity contribution in [2.45, 2.75) is 26.3 Å². The molecule has 1 aromatic rings. The van der Waals surface area contributed by atoms with E-state index in [0.717, 1.165) is 23.6 Å². The molecule has 15 heavy (non-hydrogen) atoms. The van der Waals surface area contributed by atoms with Gasteiger partial charge in [0.1, 0.15) is 18.0 Å². The summed E-state index contributed by atoms with van der Waals surface area (Å²) in [6.45, 7) is 4.04. The Bertz CT molecular complexity index is 316. The van der Waals surface area contributed by atoms with Crippen molar-refractivity contribution in [1.82, 2.24) is 9.97 Å². The Hall–Kier alpha value is -1.36. The molecule has 5 heteroatoms. The van der Waals surface area contributed by atoms with E-state index in [1.807, 2.05) is 20.9 Å². The highest BCUT2D eigenvalue weighted by atomic mass is 16.3. The zero-order valence-electron chi connectivity index (χ0n) is 9.41. The van der Waals surface area contributed by atoms with Crippen molar-refractivity contribution in [1.29, 1.82) is 0 Å². The zero-order valence-corrected chi connectivity index (χ0v) is 9.41. The van der Waals surface area contributed by atoms with Crippen LogP contribution in [0.5, 0.6) is 0 Å². The smallest absolute Gasteiger partial charge is 0.134 e. The summed E-state index contributed by atoms with van der Waals surface area (Å²) < 4.78 is 0. The van der Waals surface area contributed by atoms with Gasteiger partial charge in [0.05, 0.1) is 6.61 Å². The number of aliphatic hydroxyl groups excluding tert-OH is 1. The minimum Gasteiger partial charge on any atom is -0.394 e. The Balaban J connectivity index is 2.95. The van der Waals surface area contributed by atoms with E-state index in [4.69, 9.17) is 5.11 Å². The molecule has 0 aliphatic carbocycles. The maximum atomic E-state index is 8.96. The minimum atomic E-state index is -0.00472. The monoisotopic (exact) mass is 210 g/mol. The molecule has 3 N–H and O–H groups in total. The van der Waals surface area contributed by atoms with E-state index in [1.54, 1.807) is 0 Å². The molecule has 84 valence electrons. The molecule has 1 heterocycles. The van der Waals surface area contributed by atoms with Crippen LogP contribution in [0.1, 0.15) is 19.4 Å². The van der Waals surface area contributed by atoms with Gasteiger partial charge in [0, 0.05) is 18.7 Å². The summed E-state index contributed by atoms with van der Waals surface area (Å²) in [7, 11) is 1.83. The number of hydrogen-bond acceptors (Lipinski definition) is 5. The summed E-state index contributed by atoms with van der Waals surface area (Å²) in [6.07, 6.45) is 2.36. The van der Waals surface area contributed by atoms with Crippen LogP contribution in [0.3, 0.4) is 0 Å². The van der Waals surface area contributed by atoms with Crippen LogP contribution in [0.15, 0.2) is 6.33 Å². The first-order valence-corrected chi connectivity index (χ1v) is 5.11. The molecule has 0 bridgehead atoms. The van der Waals surface area contributed by atoms with Crippen molar-refractivity contribution >= 4 is 11.6 Å². The van der Waals surface area contributed by atoms with Crippen LogP contribution in [-0.4, -0.2) is 34.8 Å². The minimum absolute atomic E-state index is 0.00472. The second-order valence-corrected chi connectivity index (χ2v) is 3.38. The van der Waals surface area contributed by atoms with Gasteiger partial charge in [-0.2, -0.15) is 0 Å². The van der Waals surface area contributed by atoms with Gasteiger partial charge in [-0.05, 0) is 13.3 Å². The lowest BCUT2D eigenvalue weighted by Crippen LogP contribution is -2.21. The first-order valence-electron chi connectivity index (χ1n) is 5.11. The predicted molar refractivity (Wildman–Crippen MR) is 61.1 cm³/mol. The highest BCUT2D eigenvalue weighted by molar-refractivity contribution is 5.57. The maximum absolute atomic E-state index is 8.96. The summed E-state index contributed by atoms with van der Waals surface area (Å²) >= 11 is 0. The van der Waals surface area contributed by atoms with E-state index in [2.05, 4.69) is 20.6 Å². The van der Waals surface area contributed by atoms with Crippen molar-refractivity contribution < 1.29 is 5.11 Å². The van der Waals surface area contributed by atoms with Gasteiger partial charge in [-0.25, -0.2) is 9.97 Å². The van der Waals surface area contributed by atoms with E-state index >= 15 is 0 Å². The van der Waals surface area contributed by atoms with Gasteiger partial charge in [0.2, 0.25) is 0 Å². The summed E-state index contributed by atoms with van der Waals surface area (Å²) in [4.78, 5) is 8.31. The first-order chi connectivity index (χ1) is 7.22. The summed E-state index contributed by atoms with van der Waals surface area (Å²) in [5, 5.41) is 15.1. The molecule has 0 saturated heterocycles. The molecule has 5 nitrogen and oxygen atoms in total. The topological polar surface area (TPSA) is 70.1 Å². The average molecular weight is 210 g/mol. The second-order valence-electron chi connectivity index (χ2n) is 3.38. The molecule has 0 aliphatic rings. The van der Waals surface area contributed by atoms with Gasteiger partial charge in [-0.1, -0.05) is 6.92 Å². The van der Waals surface area contributed by atoms with Crippen molar-refractivity contribution in [3.63, 3.8) is 0 Å². The Morgan fingerprint density at radius 2 is 2.07 bits per heavy atom. The molecule has 1 unspecified atom stereocenters. The van der Waals surface area contributed by atoms with Gasteiger partial charge < -0.3 is 15.7 Å². The highest BCUT2D eigenvalue weighted by Crippen LogP contribution is 2.20. The lowest BCUT2D eigenvalue weighted by molar-refractivity contribution is 0.281. The summed E-state index contributed by atoms with van der Waals surface area (Å²) in [5.41, 5.74) is 1.04. The predicted octanol–water partition coefficient (Wildman–Crippen LogP) is 0.873. The van der Waals surface area contributed by atoms with Gasteiger partial charge in [0.15, 0.2) is 0 Å². The second kappa shape index (κ2) is 5.50. The van der Waals surface area contributed by atoms with Crippen molar-refractivity contribution in [2.24, 2.45) is 0 Å². The fourth-order valence-electron chi connectivity index (χ4n) is 1.37. The van der Waals surface area contributed by atoms with E-state index in [1.165, 1.54) is 6.33 Å². The molecule has 0 aromatic carbocycles. The standard InChI is InChI=1S/C10H18N4O/c1-4-8-9(11-3)12-6-13-10(8)14-7(2)5-15/h6-7,15H,4-5H2,1-3H3,(H2,11,12,13,14). The third-order valence-electron chi connectivity index (χ3n) is 2.19. The molecule has 0 saturated carbocycles. The highest BCUT2D eigenvalue weighted by Gasteiger charge is 2.10. The largest absolute Gasteiger partial charge is 0.394 e. The Morgan fingerprint density at radius 3 is 2.60 bits per heavy atom. The van der Waals surface area contributed by atoms with Crippen LogP contribution in [0.2, 0.25) is 0 Å². The van der Waals surface area contributed by atoms with E-state index in [-0.39, 0.29) is 12.6 Å². The Labute approximate surface area is 90.0 Å². The Kier molecular flexibility index (Phi) is 4.30. The van der Waals surface area contributed by atoms with Crippen molar-refractivity contribution in [3.05, 3.63) is 11.9 Å². The molecule has 1 aromatic heterocycles. The molecule has 0 fully saturated rings. The molecule has 0 radical (unpaired) electrons. The lowest BCUT2D eigenvalue weighted by atomic mass is 10.2. The van der Waals surface area contributed by atoms with Crippen molar-refractivity contribution in [3.8, 4) is 0 Å². The van der Waals surface area contributed by atoms with E-state index < -0.39 is 0 Å². The van der Waals surface area contributed by atoms with Gasteiger partial charge in [0.25, 0.3) is 0 Å². The fourth-order valence-corrected chi connectivity index (χ4v) is 1.37. The lowest BCUT2D eigenvalue weighted by Gasteiger charge is -2.16. The number of aromatic nitrogens is 2. The molecule has 1 atom stereocenters. The number of nitrogens with one attached hydrogen (secondary N) is 2. The third kappa shape index (κ3) is 2.79. The molecular weight excluding hydrogens is 192 g/mol. The van der Waals surface area contributed by atoms with Crippen LogP contribution < -0.4 is 10.6 Å². The van der Waals surface area contributed by atoms with Gasteiger partial charge in [-0.3, -0.25) is 0 Å². The fraction of sp³-hybridized carbons (Fsp3) is 0.600. The summed E-state index contributed by atoms with van der Waals surface area (Å²) in [5.74, 6) is 1.62. The van der Waals surface area contributed by atoms with Crippen LogP contribution >= 0.6 is 0 Å². The van der Waals surface area contributed by atoms with Gasteiger partial charge >= 0.3 is 0 Å². The number of hydrogen-bond donors (Lipinski definition) is 3. The average Bonchev–Trinajstić information content (AvgIpc) is 2.28. The van der Waals surface area contributed by atoms with Crippen LogP contribution in [-0.2, 0) is 6.42 Å². The van der Waals surface area contributed by atoms with Crippen LogP contribution in [0, 0.1) is 0 Å². The molecule has 0 amide bonds. The molecule has 0 aliphatic heterocycles. The number of anilines is 2. The summed E-state index contributed by atoms with van der Waals surface area (Å²) in [6, 6.07) is -0.00472. The quantitative estimate of drug-likeness (QED) is 0.673.